The predicted molar refractivity (Wildman–Crippen MR) is 95.0 cm³/mol. The van der Waals surface area contributed by atoms with Crippen molar-refractivity contribution in [3.8, 4) is 11.5 Å². The van der Waals surface area contributed by atoms with Crippen molar-refractivity contribution in [2.75, 3.05) is 13.7 Å². The first kappa shape index (κ1) is 16.6. The third kappa shape index (κ3) is 3.89. The van der Waals surface area contributed by atoms with Crippen LogP contribution >= 0.6 is 15.9 Å². The molecule has 0 fully saturated rings. The lowest BCUT2D eigenvalue weighted by Gasteiger charge is -2.12. The maximum atomic E-state index is 5.59. The van der Waals surface area contributed by atoms with Crippen molar-refractivity contribution in [1.29, 1.82) is 0 Å². The summed E-state index contributed by atoms with van der Waals surface area (Å²) in [4.78, 5) is 4.53. The number of methoxy groups -OCH3 is 1. The Hall–Kier alpha value is -1.81. The van der Waals surface area contributed by atoms with Crippen LogP contribution in [0.3, 0.4) is 0 Å². The van der Waals surface area contributed by atoms with Crippen LogP contribution in [0.1, 0.15) is 23.6 Å². The van der Waals surface area contributed by atoms with Gasteiger partial charge in [-0.1, -0.05) is 6.07 Å². The van der Waals surface area contributed by atoms with Crippen molar-refractivity contribution in [2.24, 2.45) is 4.99 Å². The first-order valence-corrected chi connectivity index (χ1v) is 7.96. The largest absolute Gasteiger partial charge is 0.493 e. The third-order valence-electron chi connectivity index (χ3n) is 3.39. The van der Waals surface area contributed by atoms with Gasteiger partial charge in [0.05, 0.1) is 23.9 Å². The fraction of sp³-hybridized carbons (Fsp3) is 0.278. The van der Waals surface area contributed by atoms with E-state index < -0.39 is 0 Å². The maximum absolute atomic E-state index is 5.59. The van der Waals surface area contributed by atoms with Gasteiger partial charge in [0.1, 0.15) is 0 Å². The molecular weight excluding hydrogens is 342 g/mol. The molecule has 0 aliphatic carbocycles. The third-order valence-corrected chi connectivity index (χ3v) is 3.98. The normalized spacial score (nSPS) is 11.0. The molecule has 2 aromatic carbocycles. The molecule has 0 spiro atoms. The van der Waals surface area contributed by atoms with E-state index in [4.69, 9.17) is 9.47 Å². The molecule has 0 radical (unpaired) electrons. The van der Waals surface area contributed by atoms with Gasteiger partial charge in [-0.05, 0) is 77.7 Å². The minimum Gasteiger partial charge on any atom is -0.493 e. The van der Waals surface area contributed by atoms with Gasteiger partial charge in [0.15, 0.2) is 11.5 Å². The molecule has 0 atom stereocenters. The van der Waals surface area contributed by atoms with Crippen LogP contribution < -0.4 is 9.47 Å². The fourth-order valence-electron chi connectivity index (χ4n) is 2.05. The lowest BCUT2D eigenvalue weighted by molar-refractivity contribution is 0.309. The summed E-state index contributed by atoms with van der Waals surface area (Å²) in [6, 6.07) is 10.1. The fourth-order valence-corrected chi connectivity index (χ4v) is 2.63. The summed E-state index contributed by atoms with van der Waals surface area (Å²) in [5, 5.41) is 0. The minimum atomic E-state index is 0.588. The highest BCUT2D eigenvalue weighted by atomic mass is 79.9. The smallest absolute Gasteiger partial charge is 0.175 e. The molecule has 22 heavy (non-hydrogen) atoms. The predicted octanol–water partition coefficient (Wildman–Crippen LogP) is 5.22. The summed E-state index contributed by atoms with van der Waals surface area (Å²) >= 11 is 3.52. The van der Waals surface area contributed by atoms with Gasteiger partial charge in [0.25, 0.3) is 0 Å². The van der Waals surface area contributed by atoms with Gasteiger partial charge in [-0.25, -0.2) is 0 Å². The van der Waals surface area contributed by atoms with Crippen molar-refractivity contribution >= 4 is 27.8 Å². The lowest BCUT2D eigenvalue weighted by atomic mass is 10.1. The number of aliphatic imine (C=N–C) groups is 1. The van der Waals surface area contributed by atoms with E-state index in [0.717, 1.165) is 15.7 Å². The molecule has 0 saturated heterocycles. The van der Waals surface area contributed by atoms with Crippen molar-refractivity contribution in [2.45, 2.75) is 20.8 Å². The second-order valence-corrected chi connectivity index (χ2v) is 5.85. The van der Waals surface area contributed by atoms with Crippen LogP contribution in [0.4, 0.5) is 5.69 Å². The molecule has 0 heterocycles. The van der Waals surface area contributed by atoms with E-state index in [1.54, 1.807) is 7.11 Å². The Labute approximate surface area is 140 Å². The number of benzene rings is 2. The van der Waals surface area contributed by atoms with Crippen LogP contribution in [0.5, 0.6) is 11.5 Å². The molecule has 2 aromatic rings. The lowest BCUT2D eigenvalue weighted by Crippen LogP contribution is -1.97. The van der Waals surface area contributed by atoms with Gasteiger partial charge < -0.3 is 9.47 Å². The topological polar surface area (TPSA) is 30.8 Å². The SMILES string of the molecule is CCOc1c(Br)cc(C=Nc2ccc(C)c(C)c2)cc1OC. The molecule has 4 heteroatoms. The van der Waals surface area contributed by atoms with Gasteiger partial charge in [-0.3, -0.25) is 4.99 Å². The van der Waals surface area contributed by atoms with Gasteiger partial charge in [-0.15, -0.1) is 0 Å². The summed E-state index contributed by atoms with van der Waals surface area (Å²) in [7, 11) is 1.63. The first-order chi connectivity index (χ1) is 10.5. The van der Waals surface area contributed by atoms with E-state index >= 15 is 0 Å². The van der Waals surface area contributed by atoms with E-state index in [2.05, 4.69) is 46.9 Å². The number of rotatable bonds is 5. The summed E-state index contributed by atoms with van der Waals surface area (Å²) < 4.78 is 11.8. The number of aryl methyl sites for hydroxylation is 2. The first-order valence-electron chi connectivity index (χ1n) is 7.16. The Balaban J connectivity index is 2.30. The Morgan fingerprint density at radius 3 is 2.55 bits per heavy atom. The molecule has 0 aromatic heterocycles. The van der Waals surface area contributed by atoms with Crippen molar-refractivity contribution < 1.29 is 9.47 Å². The van der Waals surface area contributed by atoms with Crippen molar-refractivity contribution in [3.63, 3.8) is 0 Å². The van der Waals surface area contributed by atoms with Gasteiger partial charge in [0, 0.05) is 6.21 Å². The van der Waals surface area contributed by atoms with Crippen LogP contribution in [0.2, 0.25) is 0 Å². The summed E-state index contributed by atoms with van der Waals surface area (Å²) in [5.41, 5.74) is 4.39. The molecular formula is C18H20BrNO2. The van der Waals surface area contributed by atoms with Crippen molar-refractivity contribution in [3.05, 3.63) is 51.5 Å². The highest BCUT2D eigenvalue weighted by Gasteiger charge is 2.10. The number of halogens is 1. The van der Waals surface area contributed by atoms with Crippen LogP contribution in [0, 0.1) is 13.8 Å². The molecule has 0 bridgehead atoms. The quantitative estimate of drug-likeness (QED) is 0.683. The standard InChI is InChI=1S/C18H20BrNO2/c1-5-22-18-16(19)9-14(10-17(18)21-4)11-20-15-7-6-12(2)13(3)8-15/h6-11H,5H2,1-4H3. The van der Waals surface area contributed by atoms with Crippen LogP contribution in [0.25, 0.3) is 0 Å². The summed E-state index contributed by atoms with van der Waals surface area (Å²) in [5.74, 6) is 1.41. The molecule has 0 saturated carbocycles. The Bertz CT molecular complexity index is 696. The molecule has 0 aliphatic heterocycles. The highest BCUT2D eigenvalue weighted by molar-refractivity contribution is 9.10. The van der Waals surface area contributed by atoms with Crippen LogP contribution in [0.15, 0.2) is 39.8 Å². The van der Waals surface area contributed by atoms with Gasteiger partial charge >= 0.3 is 0 Å². The number of ether oxygens (including phenoxy) is 2. The zero-order chi connectivity index (χ0) is 16.1. The molecule has 0 aliphatic rings. The molecule has 0 N–H and O–H groups in total. The van der Waals surface area contributed by atoms with E-state index in [-0.39, 0.29) is 0 Å². The second kappa shape index (κ2) is 7.45. The Morgan fingerprint density at radius 1 is 1.14 bits per heavy atom. The van der Waals surface area contributed by atoms with Crippen molar-refractivity contribution in [1.82, 2.24) is 0 Å². The molecule has 116 valence electrons. The van der Waals surface area contributed by atoms with Crippen LogP contribution in [-0.4, -0.2) is 19.9 Å². The van der Waals surface area contributed by atoms with E-state index in [0.29, 0.717) is 18.1 Å². The zero-order valence-corrected chi connectivity index (χ0v) is 14.9. The van der Waals surface area contributed by atoms with Crippen LogP contribution in [-0.2, 0) is 0 Å². The maximum Gasteiger partial charge on any atom is 0.175 e. The number of hydrogen-bond donors (Lipinski definition) is 0. The zero-order valence-electron chi connectivity index (χ0n) is 13.3. The molecule has 3 nitrogen and oxygen atoms in total. The Kier molecular flexibility index (Phi) is 5.61. The average molecular weight is 362 g/mol. The average Bonchev–Trinajstić information content (AvgIpc) is 2.50. The number of nitrogens with zero attached hydrogens (tertiary/aromatic N) is 1. The molecule has 2 rings (SSSR count). The molecule has 0 amide bonds. The minimum absolute atomic E-state index is 0.588. The highest BCUT2D eigenvalue weighted by Crippen LogP contribution is 2.36. The second-order valence-electron chi connectivity index (χ2n) is 4.99. The monoisotopic (exact) mass is 361 g/mol. The van der Waals surface area contributed by atoms with E-state index in [1.165, 1.54) is 11.1 Å². The molecule has 0 unspecified atom stereocenters. The van der Waals surface area contributed by atoms with E-state index in [9.17, 15) is 0 Å². The Morgan fingerprint density at radius 2 is 1.91 bits per heavy atom. The summed E-state index contributed by atoms with van der Waals surface area (Å²) in [6.07, 6.45) is 1.83. The number of hydrogen-bond acceptors (Lipinski definition) is 3. The van der Waals surface area contributed by atoms with Gasteiger partial charge in [-0.2, -0.15) is 0 Å². The van der Waals surface area contributed by atoms with E-state index in [1.807, 2.05) is 31.3 Å². The summed E-state index contributed by atoms with van der Waals surface area (Å²) in [6.45, 7) is 6.72. The van der Waals surface area contributed by atoms with Gasteiger partial charge in [0.2, 0.25) is 0 Å².